The number of rotatable bonds is 2. The third-order valence-corrected chi connectivity index (χ3v) is 2.72. The van der Waals surface area contributed by atoms with Crippen LogP contribution in [-0.4, -0.2) is 28.4 Å². The Labute approximate surface area is 87.8 Å². The molecule has 4 nitrogen and oxygen atoms in total. The first-order valence-corrected chi connectivity index (χ1v) is 5.29. The molecule has 0 unspecified atom stereocenters. The first kappa shape index (κ1) is 8.73. The Balaban J connectivity index is 1.90. The second kappa shape index (κ2) is 3.55. The number of H-pyrrole nitrogens is 1. The Morgan fingerprint density at radius 1 is 1.20 bits per heavy atom. The van der Waals surface area contributed by atoms with Crippen LogP contribution in [0.4, 0.5) is 0 Å². The van der Waals surface area contributed by atoms with Crippen molar-refractivity contribution in [1.29, 1.82) is 0 Å². The first-order valence-electron chi connectivity index (χ1n) is 5.29. The van der Waals surface area contributed by atoms with Gasteiger partial charge in [-0.05, 0) is 25.0 Å². The minimum atomic E-state index is 0.688. The monoisotopic (exact) mass is 203 g/mol. The lowest BCUT2D eigenvalue weighted by Crippen LogP contribution is -2.23. The molecule has 78 valence electrons. The lowest BCUT2D eigenvalue weighted by Gasteiger charge is -2.13. The van der Waals surface area contributed by atoms with E-state index in [1.807, 2.05) is 29.3 Å². The highest BCUT2D eigenvalue weighted by atomic mass is 16.7. The average Bonchev–Trinajstić information content (AvgIpc) is 2.89. The van der Waals surface area contributed by atoms with E-state index in [0.29, 0.717) is 5.88 Å². The van der Waals surface area contributed by atoms with E-state index in [9.17, 15) is 0 Å². The average molecular weight is 203 g/mol. The van der Waals surface area contributed by atoms with Gasteiger partial charge in [0.1, 0.15) is 0 Å². The predicted molar refractivity (Wildman–Crippen MR) is 57.5 cm³/mol. The van der Waals surface area contributed by atoms with Gasteiger partial charge in [0.15, 0.2) is 0 Å². The molecule has 1 saturated heterocycles. The third-order valence-electron chi connectivity index (χ3n) is 2.72. The summed E-state index contributed by atoms with van der Waals surface area (Å²) in [6.45, 7) is 2.00. The summed E-state index contributed by atoms with van der Waals surface area (Å²) in [5.74, 6) is 0.688. The van der Waals surface area contributed by atoms with Crippen molar-refractivity contribution in [3.8, 4) is 5.88 Å². The second-order valence-corrected chi connectivity index (χ2v) is 3.80. The van der Waals surface area contributed by atoms with Crippen LogP contribution >= 0.6 is 0 Å². The minimum Gasteiger partial charge on any atom is -0.383 e. The highest BCUT2D eigenvalue weighted by Crippen LogP contribution is 2.23. The number of hydrogen-bond donors (Lipinski definition) is 1. The van der Waals surface area contributed by atoms with E-state index in [0.717, 1.165) is 24.0 Å². The summed E-state index contributed by atoms with van der Waals surface area (Å²) in [5, 5.41) is 10.2. The van der Waals surface area contributed by atoms with E-state index in [1.165, 1.54) is 12.8 Å². The molecular formula is C11H13N3O. The smallest absolute Gasteiger partial charge is 0.264 e. The molecule has 1 aliphatic heterocycles. The van der Waals surface area contributed by atoms with Gasteiger partial charge in [-0.1, -0.05) is 12.1 Å². The molecule has 0 bridgehead atoms. The number of benzene rings is 1. The molecule has 2 aromatic rings. The normalized spacial score (nSPS) is 17.3. The predicted octanol–water partition coefficient (Wildman–Crippen LogP) is 1.95. The van der Waals surface area contributed by atoms with E-state index in [1.54, 1.807) is 0 Å². The number of hydrogen-bond acceptors (Lipinski definition) is 3. The third kappa shape index (κ3) is 1.57. The topological polar surface area (TPSA) is 41.1 Å². The molecule has 2 heterocycles. The van der Waals surface area contributed by atoms with Crippen LogP contribution in [0.2, 0.25) is 0 Å². The van der Waals surface area contributed by atoms with E-state index in [-0.39, 0.29) is 0 Å². The van der Waals surface area contributed by atoms with Gasteiger partial charge in [0, 0.05) is 13.1 Å². The van der Waals surface area contributed by atoms with Gasteiger partial charge in [0.25, 0.3) is 5.88 Å². The minimum absolute atomic E-state index is 0.688. The van der Waals surface area contributed by atoms with Crippen molar-refractivity contribution in [2.45, 2.75) is 12.8 Å². The number of aromatic amines is 1. The molecule has 15 heavy (non-hydrogen) atoms. The van der Waals surface area contributed by atoms with Crippen molar-refractivity contribution < 1.29 is 4.84 Å². The molecule has 1 N–H and O–H groups in total. The molecule has 4 heteroatoms. The molecule has 1 fully saturated rings. The Kier molecular flexibility index (Phi) is 2.07. The summed E-state index contributed by atoms with van der Waals surface area (Å²) in [6.07, 6.45) is 2.42. The Hall–Kier alpha value is -1.55. The summed E-state index contributed by atoms with van der Waals surface area (Å²) < 4.78 is 0. The molecule has 0 radical (unpaired) electrons. The SMILES string of the molecule is c1ccc2c(ON3CCCC3)n[nH]c2c1. The van der Waals surface area contributed by atoms with Crippen LogP contribution in [0.25, 0.3) is 10.9 Å². The van der Waals surface area contributed by atoms with Gasteiger partial charge in [-0.2, -0.15) is 0 Å². The number of aromatic nitrogens is 2. The lowest BCUT2D eigenvalue weighted by molar-refractivity contribution is -0.0377. The molecule has 1 aromatic carbocycles. The Morgan fingerprint density at radius 2 is 2.00 bits per heavy atom. The van der Waals surface area contributed by atoms with Crippen molar-refractivity contribution in [3.63, 3.8) is 0 Å². The quantitative estimate of drug-likeness (QED) is 0.811. The maximum Gasteiger partial charge on any atom is 0.264 e. The standard InChI is InChI=1S/C11H13N3O/c1-2-6-10-9(5-1)11(13-12-10)15-14-7-3-4-8-14/h1-2,5-6H,3-4,7-8H2,(H,12,13). The summed E-state index contributed by atoms with van der Waals surface area (Å²) >= 11 is 0. The van der Waals surface area contributed by atoms with Crippen LogP contribution in [0.1, 0.15) is 12.8 Å². The van der Waals surface area contributed by atoms with Crippen molar-refractivity contribution in [1.82, 2.24) is 15.3 Å². The fraction of sp³-hybridized carbons (Fsp3) is 0.364. The number of para-hydroxylation sites is 1. The molecule has 0 spiro atoms. The van der Waals surface area contributed by atoms with Gasteiger partial charge in [0.05, 0.1) is 10.9 Å². The Morgan fingerprint density at radius 3 is 2.87 bits per heavy atom. The van der Waals surface area contributed by atoms with Gasteiger partial charge in [-0.3, -0.25) is 5.10 Å². The highest BCUT2D eigenvalue weighted by Gasteiger charge is 2.15. The molecule has 0 aliphatic carbocycles. The zero-order valence-corrected chi connectivity index (χ0v) is 8.44. The van der Waals surface area contributed by atoms with Crippen molar-refractivity contribution >= 4 is 10.9 Å². The summed E-state index contributed by atoms with van der Waals surface area (Å²) in [6, 6.07) is 8.00. The fourth-order valence-corrected chi connectivity index (χ4v) is 1.91. The number of nitrogens with zero attached hydrogens (tertiary/aromatic N) is 2. The lowest BCUT2D eigenvalue weighted by atomic mass is 10.2. The summed E-state index contributed by atoms with van der Waals surface area (Å²) in [4.78, 5) is 5.72. The van der Waals surface area contributed by atoms with Crippen molar-refractivity contribution in [2.24, 2.45) is 0 Å². The number of nitrogens with one attached hydrogen (secondary N) is 1. The summed E-state index contributed by atoms with van der Waals surface area (Å²) in [5.41, 5.74) is 1.02. The van der Waals surface area contributed by atoms with Crippen LogP contribution in [0.5, 0.6) is 5.88 Å². The van der Waals surface area contributed by atoms with Crippen LogP contribution in [0.15, 0.2) is 24.3 Å². The van der Waals surface area contributed by atoms with Gasteiger partial charge in [0.2, 0.25) is 0 Å². The Bertz CT molecular complexity index is 460. The van der Waals surface area contributed by atoms with Crippen molar-refractivity contribution in [3.05, 3.63) is 24.3 Å². The fourth-order valence-electron chi connectivity index (χ4n) is 1.91. The van der Waals surface area contributed by atoms with Crippen LogP contribution in [-0.2, 0) is 0 Å². The largest absolute Gasteiger partial charge is 0.383 e. The van der Waals surface area contributed by atoms with Crippen molar-refractivity contribution in [2.75, 3.05) is 13.1 Å². The second-order valence-electron chi connectivity index (χ2n) is 3.80. The van der Waals surface area contributed by atoms with Gasteiger partial charge in [-0.15, -0.1) is 10.2 Å². The van der Waals surface area contributed by atoms with E-state index >= 15 is 0 Å². The molecule has 3 rings (SSSR count). The van der Waals surface area contributed by atoms with Crippen LogP contribution in [0.3, 0.4) is 0 Å². The van der Waals surface area contributed by atoms with Gasteiger partial charge < -0.3 is 4.84 Å². The number of hydroxylamine groups is 2. The highest BCUT2D eigenvalue weighted by molar-refractivity contribution is 5.83. The molecule has 0 saturated carbocycles. The van der Waals surface area contributed by atoms with Gasteiger partial charge >= 0.3 is 0 Å². The van der Waals surface area contributed by atoms with E-state index in [2.05, 4.69) is 10.2 Å². The zero-order chi connectivity index (χ0) is 10.1. The van der Waals surface area contributed by atoms with Crippen LogP contribution < -0.4 is 4.84 Å². The molecular weight excluding hydrogens is 190 g/mol. The number of fused-ring (bicyclic) bond motifs is 1. The molecule has 0 atom stereocenters. The molecule has 0 amide bonds. The van der Waals surface area contributed by atoms with Gasteiger partial charge in [-0.25, -0.2) is 0 Å². The molecule has 1 aromatic heterocycles. The maximum absolute atomic E-state index is 5.72. The van der Waals surface area contributed by atoms with E-state index < -0.39 is 0 Å². The first-order chi connectivity index (χ1) is 7.43. The maximum atomic E-state index is 5.72. The zero-order valence-electron chi connectivity index (χ0n) is 8.44. The summed E-state index contributed by atoms with van der Waals surface area (Å²) in [7, 11) is 0. The van der Waals surface area contributed by atoms with Crippen LogP contribution in [0, 0.1) is 0 Å². The molecule has 1 aliphatic rings. The van der Waals surface area contributed by atoms with E-state index in [4.69, 9.17) is 4.84 Å².